The van der Waals surface area contributed by atoms with Gasteiger partial charge in [-0.15, -0.1) is 11.8 Å². The van der Waals surface area contributed by atoms with Crippen molar-refractivity contribution >= 4 is 59.3 Å². The largest absolute Gasteiger partial charge is 0.490 e. The summed E-state index contributed by atoms with van der Waals surface area (Å²) < 4.78 is 75.8. The minimum absolute atomic E-state index is 0.0225. The van der Waals surface area contributed by atoms with E-state index in [9.17, 15) is 55.1 Å². The molecule has 0 bridgehead atoms. The summed E-state index contributed by atoms with van der Waals surface area (Å²) in [5.41, 5.74) is 12.3. The number of hydrogen-bond acceptors (Lipinski definition) is 14. The monoisotopic (exact) mass is 1220 g/mol. The van der Waals surface area contributed by atoms with E-state index in [1.54, 1.807) is 25.1 Å². The molecule has 474 valence electrons. The lowest BCUT2D eigenvalue weighted by molar-refractivity contribution is -0.193. The fourth-order valence-corrected chi connectivity index (χ4v) is 10.1. The lowest BCUT2D eigenvalue weighted by Gasteiger charge is -2.47. The van der Waals surface area contributed by atoms with Gasteiger partial charge >= 0.3 is 36.2 Å². The minimum Gasteiger partial charge on any atom is -0.475 e. The highest BCUT2D eigenvalue weighted by Gasteiger charge is 2.43. The molecule has 0 unspecified atom stereocenters. The van der Waals surface area contributed by atoms with Crippen LogP contribution in [-0.4, -0.2) is 143 Å². The first-order valence-electron chi connectivity index (χ1n) is 28.3. The van der Waals surface area contributed by atoms with E-state index in [0.717, 1.165) is 30.6 Å². The average molecular weight is 1220 g/mol. The second-order valence-corrected chi connectivity index (χ2v) is 23.8. The van der Waals surface area contributed by atoms with E-state index < -0.39 is 77.9 Å². The van der Waals surface area contributed by atoms with Crippen LogP contribution in [0.3, 0.4) is 0 Å². The maximum atomic E-state index is 14.6. The Morgan fingerprint density at radius 1 is 0.702 bits per heavy atom. The molecule has 0 aromatic heterocycles. The highest BCUT2D eigenvalue weighted by Crippen LogP contribution is 2.39. The number of carbonyl (C=O) groups is 8. The summed E-state index contributed by atoms with van der Waals surface area (Å²) >= 11 is 1.54. The standard InChI is InChI=1S/C54H85N7O8S.2C2HF3O2/c1-35(2)48(55)52(66)57-29-18-10-14-27-46(62)68-44-26-20-25-41(37(44)5)50(64)59-42(34-70-40-23-12-9-13-24-40)45(69-47(63)28-15-11-19-30-58-53(67)49(56)36(3)4)33-61-32-39-22-17-16-21-38(39)31-43(61)51(65)60-54(6,7)8;2*3-2(4,5)1(6)7/h9,12-13,20,23-26,35-36,38-39,42-43,45,48-49H,10-11,14-19,21-22,27-34,55-56H2,1-8H3,(H,57,66)(H,58,67)(H,59,64)(H,60,65);2*(H,6,7)/t38-,39+,42-,43-,45+,48-,49-;;/m0../s1. The molecule has 19 nitrogen and oxygen atoms in total. The molecule has 1 heterocycles. The molecule has 4 amide bonds. The number of aliphatic carboxylic acids is 2. The third-order valence-electron chi connectivity index (χ3n) is 13.9. The quantitative estimate of drug-likeness (QED) is 0.0138. The zero-order valence-corrected chi connectivity index (χ0v) is 50.1. The number of ether oxygens (including phenoxy) is 2. The number of nitrogens with one attached hydrogen (secondary N) is 4. The van der Waals surface area contributed by atoms with Crippen LogP contribution in [0.5, 0.6) is 5.75 Å². The van der Waals surface area contributed by atoms with E-state index in [4.69, 9.17) is 40.7 Å². The predicted octanol–water partition coefficient (Wildman–Crippen LogP) is 8.08. The van der Waals surface area contributed by atoms with Crippen molar-refractivity contribution in [2.24, 2.45) is 35.1 Å². The van der Waals surface area contributed by atoms with Crippen molar-refractivity contribution < 1.29 is 84.4 Å². The highest BCUT2D eigenvalue weighted by molar-refractivity contribution is 7.99. The van der Waals surface area contributed by atoms with Gasteiger partial charge in [0.1, 0.15) is 11.9 Å². The number of nitrogens with zero attached hydrogens (tertiary/aromatic N) is 1. The van der Waals surface area contributed by atoms with E-state index in [1.165, 1.54) is 11.8 Å². The molecule has 2 fully saturated rings. The average Bonchev–Trinajstić information content (AvgIpc) is 3.57. The Morgan fingerprint density at radius 2 is 1.20 bits per heavy atom. The number of benzene rings is 2. The first-order chi connectivity index (χ1) is 39.1. The summed E-state index contributed by atoms with van der Waals surface area (Å²) in [6, 6.07) is 12.6. The van der Waals surface area contributed by atoms with Gasteiger partial charge in [-0.1, -0.05) is 84.1 Å². The number of carboxylic acid groups (broad SMARTS) is 2. The van der Waals surface area contributed by atoms with Gasteiger partial charge in [-0.2, -0.15) is 26.3 Å². The molecule has 1 aliphatic carbocycles. The van der Waals surface area contributed by atoms with E-state index in [2.05, 4.69) is 26.2 Å². The van der Waals surface area contributed by atoms with Crippen molar-refractivity contribution in [2.45, 2.75) is 192 Å². The van der Waals surface area contributed by atoms with E-state index in [-0.39, 0.29) is 54.7 Å². The zero-order valence-electron chi connectivity index (χ0n) is 49.3. The van der Waals surface area contributed by atoms with Gasteiger partial charge in [0, 0.05) is 66.3 Å². The number of nitrogens with two attached hydrogens (primary N) is 2. The molecule has 4 rings (SSSR count). The Morgan fingerprint density at radius 3 is 1.69 bits per heavy atom. The van der Waals surface area contributed by atoms with Crippen LogP contribution in [0.4, 0.5) is 26.3 Å². The normalized spacial score (nSPS) is 17.7. The van der Waals surface area contributed by atoms with Crippen LogP contribution in [0.1, 0.15) is 148 Å². The second-order valence-electron chi connectivity index (χ2n) is 22.7. The molecule has 0 spiro atoms. The molecule has 7 atom stereocenters. The number of likely N-dealkylation sites (tertiary alicyclic amines) is 1. The molecule has 2 aromatic carbocycles. The number of carboxylic acids is 2. The summed E-state index contributed by atoms with van der Waals surface area (Å²) in [5, 5.41) is 26.5. The Bertz CT molecular complexity index is 2410. The number of carbonyl (C=O) groups excluding carboxylic acids is 6. The van der Waals surface area contributed by atoms with Crippen LogP contribution in [0.25, 0.3) is 0 Å². The number of fused-ring (bicyclic) bond motifs is 1. The zero-order chi connectivity index (χ0) is 63.5. The maximum Gasteiger partial charge on any atom is 0.490 e. The van der Waals surface area contributed by atoms with E-state index in [1.807, 2.05) is 78.8 Å². The molecule has 0 radical (unpaired) electrons. The summed E-state index contributed by atoms with van der Waals surface area (Å²) in [6.45, 7) is 17.1. The number of piperidine rings is 1. The van der Waals surface area contributed by atoms with Crippen LogP contribution in [0.15, 0.2) is 53.4 Å². The number of halogens is 6. The molecule has 84 heavy (non-hydrogen) atoms. The van der Waals surface area contributed by atoms with Gasteiger partial charge in [0.2, 0.25) is 17.7 Å². The fourth-order valence-electron chi connectivity index (χ4n) is 9.07. The van der Waals surface area contributed by atoms with Gasteiger partial charge in [-0.3, -0.25) is 33.7 Å². The molecule has 2 aromatic rings. The number of unbranched alkanes of at least 4 members (excludes halogenated alkanes) is 4. The number of hydrogen-bond donors (Lipinski definition) is 8. The third-order valence-corrected chi connectivity index (χ3v) is 15.1. The van der Waals surface area contributed by atoms with Crippen molar-refractivity contribution in [1.29, 1.82) is 0 Å². The van der Waals surface area contributed by atoms with Gasteiger partial charge in [0.15, 0.2) is 0 Å². The topological polar surface area (TPSA) is 299 Å². The van der Waals surface area contributed by atoms with Gasteiger partial charge in [-0.05, 0) is 114 Å². The third kappa shape index (κ3) is 28.3. The van der Waals surface area contributed by atoms with E-state index >= 15 is 0 Å². The van der Waals surface area contributed by atoms with Crippen LogP contribution < -0.4 is 37.5 Å². The number of alkyl halides is 6. The lowest BCUT2D eigenvalue weighted by Crippen LogP contribution is -2.61. The van der Waals surface area contributed by atoms with Crippen LogP contribution in [0, 0.1) is 30.6 Å². The van der Waals surface area contributed by atoms with E-state index in [0.29, 0.717) is 93.3 Å². The summed E-state index contributed by atoms with van der Waals surface area (Å²) in [6.07, 6.45) is -1.71. The number of esters is 2. The van der Waals surface area contributed by atoms with Crippen molar-refractivity contribution in [3.05, 3.63) is 59.7 Å². The Hall–Kier alpha value is -5.99. The number of thioether (sulfide) groups is 1. The lowest BCUT2D eigenvalue weighted by atomic mass is 9.72. The summed E-state index contributed by atoms with van der Waals surface area (Å²) in [7, 11) is 0. The highest BCUT2D eigenvalue weighted by atomic mass is 32.2. The molecule has 1 aliphatic heterocycles. The molecular formula is C58H87F6N7O12S. The van der Waals surface area contributed by atoms with Crippen molar-refractivity contribution in [2.75, 3.05) is 31.9 Å². The Kier molecular flexibility index (Phi) is 31.9. The second kappa shape index (κ2) is 36.1. The van der Waals surface area contributed by atoms with Crippen LogP contribution in [-0.2, 0) is 38.3 Å². The molecule has 1 saturated heterocycles. The van der Waals surface area contributed by atoms with Gasteiger partial charge < -0.3 is 52.4 Å². The van der Waals surface area contributed by atoms with Crippen molar-refractivity contribution in [1.82, 2.24) is 26.2 Å². The van der Waals surface area contributed by atoms with Crippen molar-refractivity contribution in [3.63, 3.8) is 0 Å². The number of amides is 4. The molecule has 10 N–H and O–H groups in total. The molecule has 26 heteroatoms. The molecule has 1 saturated carbocycles. The maximum absolute atomic E-state index is 14.6. The SMILES string of the molecule is Cc1c(OC(=O)CCCCCNC(=O)[C@@H](N)C(C)C)cccc1C(=O)N[C@@H](CSc1ccccc1)[C@@H](CN1C[C@H]2CCCC[C@H]2C[C@H]1C(=O)NC(C)(C)C)OC(=O)CCCCCNC(=O)[C@@H](N)C(C)C.O=C(O)C(F)(F)F.O=C(O)C(F)(F)F. The summed E-state index contributed by atoms with van der Waals surface area (Å²) in [5.74, 6) is -5.68. The predicted molar refractivity (Wildman–Crippen MR) is 304 cm³/mol. The van der Waals surface area contributed by atoms with Crippen molar-refractivity contribution in [3.8, 4) is 5.75 Å². The van der Waals surface area contributed by atoms with Gasteiger partial charge in [0.05, 0.1) is 24.2 Å². The molecular weight excluding hydrogens is 1130 g/mol. The Labute approximate surface area is 492 Å². The fraction of sp³-hybridized carbons (Fsp3) is 0.655. The Balaban J connectivity index is 0.00000152. The van der Waals surface area contributed by atoms with Gasteiger partial charge in [0.25, 0.3) is 5.91 Å². The molecule has 2 aliphatic rings. The minimum atomic E-state index is -5.08. The smallest absolute Gasteiger partial charge is 0.475 e. The summed E-state index contributed by atoms with van der Waals surface area (Å²) in [4.78, 5) is 101. The van der Waals surface area contributed by atoms with Gasteiger partial charge in [-0.25, -0.2) is 9.59 Å². The first-order valence-corrected chi connectivity index (χ1v) is 29.3. The van der Waals surface area contributed by atoms with Crippen LogP contribution in [0.2, 0.25) is 0 Å². The van der Waals surface area contributed by atoms with Crippen LogP contribution >= 0.6 is 11.8 Å². The first kappa shape index (κ1) is 74.1. The number of rotatable bonds is 27.